The van der Waals surface area contributed by atoms with E-state index in [-0.39, 0.29) is 29.6 Å². The summed E-state index contributed by atoms with van der Waals surface area (Å²) in [6.07, 6.45) is 0. The third kappa shape index (κ3) is 97700. The first-order chi connectivity index (χ1) is 6.00. The van der Waals surface area contributed by atoms with Crippen molar-refractivity contribution in [3.63, 3.8) is 0 Å². The van der Waals surface area contributed by atoms with Crippen LogP contribution >= 0.6 is 0 Å². The van der Waals surface area contributed by atoms with Crippen LogP contribution in [-0.4, -0.2) is 29.6 Å². The topological polar surface area (TPSA) is 205 Å². The van der Waals surface area contributed by atoms with E-state index in [0.717, 1.165) is 0 Å². The standard InChI is InChI=1S/3Mn.Na.12O.H. The first-order valence-corrected chi connectivity index (χ1v) is 7.63. The fraction of sp³-hybridized carbons (Fsp3) is 0. The van der Waals surface area contributed by atoms with Crippen molar-refractivity contribution in [2.45, 2.75) is 0 Å². The zero-order valence-electron chi connectivity index (χ0n) is 6.03. The van der Waals surface area contributed by atoms with Crippen molar-refractivity contribution in [3.8, 4) is 0 Å². The van der Waals surface area contributed by atoms with Crippen LogP contribution in [0.15, 0.2) is 0 Å². The Kier molecular flexibility index (Phi) is 14.5. The third-order valence-corrected chi connectivity index (χ3v) is 0. The Morgan fingerprint density at radius 3 is 0.312 bits per heavy atom. The fourth-order valence-corrected chi connectivity index (χ4v) is 0. The van der Waals surface area contributed by atoms with Crippen molar-refractivity contribution in [2.24, 2.45) is 0 Å². The van der Waals surface area contributed by atoms with Crippen LogP contribution < -0.4 is 0 Å². The van der Waals surface area contributed by atoms with Gasteiger partial charge in [0, 0.05) is 0 Å². The van der Waals surface area contributed by atoms with Gasteiger partial charge in [-0.05, 0) is 0 Å². The zero-order valence-corrected chi connectivity index (χ0v) is 9.57. The molecule has 0 atom stereocenters. The van der Waals surface area contributed by atoms with Gasteiger partial charge in [-0.3, -0.25) is 0 Å². The van der Waals surface area contributed by atoms with Crippen LogP contribution in [0.25, 0.3) is 0 Å². The Morgan fingerprint density at radius 1 is 0.312 bits per heavy atom. The molecule has 0 saturated carbocycles. The van der Waals surface area contributed by atoms with Gasteiger partial charge in [-0.15, -0.1) is 0 Å². The van der Waals surface area contributed by atoms with Gasteiger partial charge in [-0.1, -0.05) is 0 Å². The average Bonchev–Trinajstić information content (AvgIpc) is 1.41. The molecule has 0 spiro atoms. The van der Waals surface area contributed by atoms with E-state index in [1.165, 1.54) is 0 Å². The summed E-state index contributed by atoms with van der Waals surface area (Å²) in [6, 6.07) is 0. The second kappa shape index (κ2) is 9.22. The molecule has 12 nitrogen and oxygen atoms in total. The molecule has 0 saturated heterocycles. The predicted molar refractivity (Wildman–Crippen MR) is 15.4 cm³/mol. The molecule has 0 rings (SSSR count). The minimum atomic E-state index is -5.62. The molecule has 0 aliphatic rings. The van der Waals surface area contributed by atoms with Gasteiger partial charge >= 0.3 is 113 Å². The molecule has 16 heavy (non-hydrogen) atoms. The van der Waals surface area contributed by atoms with Gasteiger partial charge in [0.2, 0.25) is 0 Å². The van der Waals surface area contributed by atoms with Crippen molar-refractivity contribution in [3.05, 3.63) is 0 Å². The summed E-state index contributed by atoms with van der Waals surface area (Å²) < 4.78 is 103. The maximum absolute atomic E-state index is 8.58. The van der Waals surface area contributed by atoms with Gasteiger partial charge in [-0.2, -0.15) is 0 Å². The quantitative estimate of drug-likeness (QED) is 0.415. The SMILES string of the molecule is [NaH].[O]=[Mn](=[O])(=[O])=[O].[O]=[Mn](=[O])(=[O])=[O].[O]=[Mn](=[O])(=[O])=[O]. The third-order valence-electron chi connectivity index (χ3n) is 0. The van der Waals surface area contributed by atoms with E-state index in [2.05, 4.69) is 0 Å². The Labute approximate surface area is 112 Å². The van der Waals surface area contributed by atoms with Crippen LogP contribution in [0.1, 0.15) is 0 Å². The Bertz CT molecular complexity index is 603. The van der Waals surface area contributed by atoms with Crippen molar-refractivity contribution in [1.29, 1.82) is 0 Å². The normalized spacial score (nSPS) is 10.5. The van der Waals surface area contributed by atoms with E-state index in [1.54, 1.807) is 0 Å². The van der Waals surface area contributed by atoms with Crippen LogP contribution in [0.3, 0.4) is 0 Å². The molecule has 0 aromatic carbocycles. The summed E-state index contributed by atoms with van der Waals surface area (Å²) in [4.78, 5) is 0. The average molecular weight is 381 g/mol. The van der Waals surface area contributed by atoms with Gasteiger partial charge in [0.25, 0.3) is 0 Å². The first kappa shape index (κ1) is 25.1. The van der Waals surface area contributed by atoms with Crippen molar-refractivity contribution in [2.75, 3.05) is 0 Å². The number of hydrogen-bond donors (Lipinski definition) is 0. The van der Waals surface area contributed by atoms with E-state index < -0.39 is 37.7 Å². The van der Waals surface area contributed by atoms with E-state index in [0.29, 0.717) is 0 Å². The number of hydrogen-bond acceptors (Lipinski definition) is 12. The molecule has 0 aromatic rings. The second-order valence-electron chi connectivity index (χ2n) is 1.13. The van der Waals surface area contributed by atoms with Gasteiger partial charge in [-0.25, -0.2) is 0 Å². The molecule has 0 aromatic heterocycles. The number of rotatable bonds is 0. The van der Waals surface area contributed by atoms with Gasteiger partial charge in [0.1, 0.15) is 0 Å². The van der Waals surface area contributed by atoms with Crippen LogP contribution in [0, 0.1) is 0 Å². The first-order valence-electron chi connectivity index (χ1n) is 1.85. The molecular formula is HMn3NaO12. The Hall–Kier alpha value is 0.158. The fourth-order valence-electron chi connectivity index (χ4n) is 0. The molecule has 0 bridgehead atoms. The summed E-state index contributed by atoms with van der Waals surface area (Å²) in [6.45, 7) is 0. The molecule has 0 amide bonds. The van der Waals surface area contributed by atoms with Gasteiger partial charge in [0.05, 0.1) is 0 Å². The summed E-state index contributed by atoms with van der Waals surface area (Å²) in [5.41, 5.74) is 0. The molecule has 0 radical (unpaired) electrons. The summed E-state index contributed by atoms with van der Waals surface area (Å²) in [5.74, 6) is 0. The van der Waals surface area contributed by atoms with E-state index in [1.807, 2.05) is 0 Å². The van der Waals surface area contributed by atoms with E-state index >= 15 is 0 Å². The molecule has 0 unspecified atom stereocenters. The van der Waals surface area contributed by atoms with E-state index in [9.17, 15) is 0 Å². The summed E-state index contributed by atoms with van der Waals surface area (Å²) in [7, 11) is 0. The molecule has 0 fully saturated rings. The van der Waals surface area contributed by atoms with Crippen molar-refractivity contribution >= 4 is 29.6 Å². The zero-order chi connectivity index (χ0) is 13.5. The van der Waals surface area contributed by atoms with Gasteiger partial charge in [0.15, 0.2) is 0 Å². The van der Waals surface area contributed by atoms with Crippen molar-refractivity contribution < 1.29 is 83.7 Å². The Morgan fingerprint density at radius 2 is 0.312 bits per heavy atom. The molecule has 16 heteroatoms. The van der Waals surface area contributed by atoms with E-state index in [4.69, 9.17) is 46.0 Å². The molecule has 0 aliphatic carbocycles. The molecule has 95 valence electrons. The van der Waals surface area contributed by atoms with Crippen LogP contribution in [-0.2, 0) is 83.7 Å². The molecule has 0 aliphatic heterocycles. The Balaban J connectivity index is -0.0000000655. The summed E-state index contributed by atoms with van der Waals surface area (Å²) in [5, 5.41) is 0. The predicted octanol–water partition coefficient (Wildman–Crippen LogP) is -2.08. The van der Waals surface area contributed by atoms with Crippen LogP contribution in [0.2, 0.25) is 0 Å². The molecule has 0 heterocycles. The molecule has 0 N–H and O–H groups in total. The van der Waals surface area contributed by atoms with Gasteiger partial charge < -0.3 is 0 Å². The second-order valence-corrected chi connectivity index (χ2v) is 4.68. The van der Waals surface area contributed by atoms with Crippen molar-refractivity contribution in [1.82, 2.24) is 0 Å². The molecular weight excluding hydrogens is 380 g/mol. The van der Waals surface area contributed by atoms with Crippen LogP contribution in [0.4, 0.5) is 0 Å². The summed E-state index contributed by atoms with van der Waals surface area (Å²) >= 11 is -16.9. The minimum absolute atomic E-state index is 0. The monoisotopic (exact) mass is 381 g/mol. The van der Waals surface area contributed by atoms with Crippen LogP contribution in [0.5, 0.6) is 0 Å². The maximum atomic E-state index is 8.58.